The monoisotopic (exact) mass is 276 g/mol. The van der Waals surface area contributed by atoms with E-state index >= 15 is 0 Å². The Labute approximate surface area is 122 Å². The minimum absolute atomic E-state index is 0.230. The zero-order valence-electron chi connectivity index (χ0n) is 11.1. The van der Waals surface area contributed by atoms with E-state index in [-0.39, 0.29) is 12.5 Å². The first-order valence-corrected chi connectivity index (χ1v) is 6.25. The third kappa shape index (κ3) is 3.70. The average molecular weight is 276 g/mol. The van der Waals surface area contributed by atoms with E-state index in [1.807, 2.05) is 6.07 Å². The molecule has 4 heteroatoms. The fourth-order valence-corrected chi connectivity index (χ4v) is 1.76. The van der Waals surface area contributed by atoms with Gasteiger partial charge >= 0.3 is 0 Å². The largest absolute Gasteiger partial charge is 0.384 e. The molecule has 0 bridgehead atoms. The lowest BCUT2D eigenvalue weighted by molar-refractivity contribution is 0.102. The summed E-state index contributed by atoms with van der Waals surface area (Å²) in [5.41, 5.74) is 1.96. The van der Waals surface area contributed by atoms with Crippen LogP contribution in [0.3, 0.4) is 0 Å². The molecule has 0 unspecified atom stereocenters. The van der Waals surface area contributed by atoms with E-state index in [2.05, 4.69) is 17.2 Å². The number of hydrogen-bond donors (Lipinski definition) is 2. The molecule has 0 heterocycles. The lowest BCUT2D eigenvalue weighted by atomic mass is 10.1. The molecule has 1 amide bonds. The Morgan fingerprint density at radius 1 is 1.19 bits per heavy atom. The standard InChI is InChI=1S/C17H12N2O2/c18-12-15-7-1-2-9-16(15)19-17(21)14-8-3-5-13(11-14)6-4-10-20/h1-3,5,7-9,11,20H,10H2,(H,19,21). The van der Waals surface area contributed by atoms with Gasteiger partial charge in [0.25, 0.3) is 5.91 Å². The Morgan fingerprint density at radius 3 is 2.76 bits per heavy atom. The number of aliphatic hydroxyl groups is 1. The summed E-state index contributed by atoms with van der Waals surface area (Å²) >= 11 is 0. The van der Waals surface area contributed by atoms with Gasteiger partial charge in [-0.3, -0.25) is 4.79 Å². The van der Waals surface area contributed by atoms with Crippen LogP contribution in [0.5, 0.6) is 0 Å². The average Bonchev–Trinajstić information content (AvgIpc) is 2.53. The lowest BCUT2D eigenvalue weighted by Crippen LogP contribution is -2.12. The molecule has 0 atom stereocenters. The van der Waals surface area contributed by atoms with E-state index in [1.54, 1.807) is 48.5 Å². The number of amides is 1. The van der Waals surface area contributed by atoms with Crippen LogP contribution in [0.2, 0.25) is 0 Å². The number of aliphatic hydroxyl groups excluding tert-OH is 1. The summed E-state index contributed by atoms with van der Waals surface area (Å²) in [6.45, 7) is -0.230. The first-order valence-electron chi connectivity index (χ1n) is 6.25. The zero-order chi connectivity index (χ0) is 15.1. The molecule has 2 rings (SSSR count). The molecule has 0 aliphatic heterocycles. The van der Waals surface area contributed by atoms with Crippen LogP contribution in [-0.2, 0) is 0 Å². The summed E-state index contributed by atoms with van der Waals surface area (Å²) in [4.78, 5) is 12.2. The number of nitriles is 1. The van der Waals surface area contributed by atoms with Crippen molar-refractivity contribution in [1.82, 2.24) is 0 Å². The summed E-state index contributed by atoms with van der Waals surface area (Å²) in [6.07, 6.45) is 0. The van der Waals surface area contributed by atoms with Gasteiger partial charge in [-0.15, -0.1) is 0 Å². The molecule has 0 saturated heterocycles. The predicted octanol–water partition coefficient (Wildman–Crippen LogP) is 2.15. The Hall–Kier alpha value is -3.08. The maximum absolute atomic E-state index is 12.2. The molecule has 0 aliphatic rings. The van der Waals surface area contributed by atoms with Gasteiger partial charge in [0.2, 0.25) is 0 Å². The van der Waals surface area contributed by atoms with Gasteiger partial charge in [-0.2, -0.15) is 5.26 Å². The second kappa shape index (κ2) is 6.91. The number of rotatable bonds is 2. The maximum Gasteiger partial charge on any atom is 0.255 e. The fraction of sp³-hybridized carbons (Fsp3) is 0.0588. The third-order valence-electron chi connectivity index (χ3n) is 2.73. The van der Waals surface area contributed by atoms with Crippen LogP contribution in [0.4, 0.5) is 5.69 Å². The highest BCUT2D eigenvalue weighted by Crippen LogP contribution is 2.15. The first kappa shape index (κ1) is 14.3. The molecule has 2 aromatic carbocycles. The summed E-state index contributed by atoms with van der Waals surface area (Å²) < 4.78 is 0. The number of carbonyl (C=O) groups excluding carboxylic acids is 1. The molecular weight excluding hydrogens is 264 g/mol. The van der Waals surface area contributed by atoms with Crippen LogP contribution in [0.1, 0.15) is 21.5 Å². The SMILES string of the molecule is N#Cc1ccccc1NC(=O)c1cccc(C#CCO)c1. The first-order chi connectivity index (χ1) is 10.2. The van der Waals surface area contributed by atoms with E-state index in [1.165, 1.54) is 0 Å². The normalized spacial score (nSPS) is 9.14. The molecule has 4 nitrogen and oxygen atoms in total. The van der Waals surface area contributed by atoms with Gasteiger partial charge in [0.15, 0.2) is 0 Å². The number of nitrogens with zero attached hydrogens (tertiary/aromatic N) is 1. The number of nitrogens with one attached hydrogen (secondary N) is 1. The molecule has 0 fully saturated rings. The van der Waals surface area contributed by atoms with E-state index in [0.717, 1.165) is 0 Å². The Bertz CT molecular complexity index is 764. The molecule has 21 heavy (non-hydrogen) atoms. The number of hydrogen-bond acceptors (Lipinski definition) is 3. The van der Waals surface area contributed by atoms with Crippen LogP contribution in [0.15, 0.2) is 48.5 Å². The second-order valence-corrected chi connectivity index (χ2v) is 4.15. The highest BCUT2D eigenvalue weighted by atomic mass is 16.2. The maximum atomic E-state index is 12.2. The lowest BCUT2D eigenvalue weighted by Gasteiger charge is -2.07. The van der Waals surface area contributed by atoms with Crippen molar-refractivity contribution in [3.63, 3.8) is 0 Å². The Kier molecular flexibility index (Phi) is 4.71. The fourth-order valence-electron chi connectivity index (χ4n) is 1.76. The highest BCUT2D eigenvalue weighted by molar-refractivity contribution is 6.05. The quantitative estimate of drug-likeness (QED) is 0.825. The van der Waals surface area contributed by atoms with Crippen LogP contribution >= 0.6 is 0 Å². The van der Waals surface area contributed by atoms with E-state index < -0.39 is 0 Å². The highest BCUT2D eigenvalue weighted by Gasteiger charge is 2.08. The minimum atomic E-state index is -0.314. The number of anilines is 1. The molecule has 0 saturated carbocycles. The van der Waals surface area contributed by atoms with Crippen molar-refractivity contribution in [3.8, 4) is 17.9 Å². The second-order valence-electron chi connectivity index (χ2n) is 4.15. The number of carbonyl (C=O) groups is 1. The Morgan fingerprint density at radius 2 is 2.00 bits per heavy atom. The van der Waals surface area contributed by atoms with E-state index in [0.29, 0.717) is 22.4 Å². The van der Waals surface area contributed by atoms with Crippen LogP contribution in [0, 0.1) is 23.2 Å². The third-order valence-corrected chi connectivity index (χ3v) is 2.73. The van der Waals surface area contributed by atoms with Crippen molar-refractivity contribution in [2.75, 3.05) is 11.9 Å². The molecule has 2 aromatic rings. The van der Waals surface area contributed by atoms with Crippen molar-refractivity contribution in [3.05, 3.63) is 65.2 Å². The Balaban J connectivity index is 2.23. The molecule has 2 N–H and O–H groups in total. The van der Waals surface area contributed by atoms with Gasteiger partial charge < -0.3 is 10.4 Å². The van der Waals surface area contributed by atoms with Crippen LogP contribution < -0.4 is 5.32 Å². The molecule has 102 valence electrons. The summed E-state index contributed by atoms with van der Waals surface area (Å²) in [7, 11) is 0. The van der Waals surface area contributed by atoms with Crippen molar-refractivity contribution in [2.45, 2.75) is 0 Å². The summed E-state index contributed by atoms with van der Waals surface area (Å²) in [5, 5.41) is 20.4. The number of para-hydroxylation sites is 1. The van der Waals surface area contributed by atoms with E-state index in [9.17, 15) is 4.79 Å². The van der Waals surface area contributed by atoms with Crippen molar-refractivity contribution in [1.29, 1.82) is 5.26 Å². The van der Waals surface area contributed by atoms with Gasteiger partial charge in [0.05, 0.1) is 11.3 Å². The molecule has 0 spiro atoms. The van der Waals surface area contributed by atoms with E-state index in [4.69, 9.17) is 10.4 Å². The number of benzene rings is 2. The molecule has 0 aliphatic carbocycles. The predicted molar refractivity (Wildman–Crippen MR) is 79.5 cm³/mol. The van der Waals surface area contributed by atoms with Crippen molar-refractivity contribution in [2.24, 2.45) is 0 Å². The molecule has 0 radical (unpaired) electrons. The van der Waals surface area contributed by atoms with Crippen molar-refractivity contribution < 1.29 is 9.90 Å². The van der Waals surface area contributed by atoms with Gasteiger partial charge in [0.1, 0.15) is 12.7 Å². The van der Waals surface area contributed by atoms with Gasteiger partial charge in [-0.25, -0.2) is 0 Å². The summed E-state index contributed by atoms with van der Waals surface area (Å²) in [5.74, 6) is 4.96. The molecule has 0 aromatic heterocycles. The van der Waals surface area contributed by atoms with Crippen LogP contribution in [-0.4, -0.2) is 17.6 Å². The molecular formula is C17H12N2O2. The van der Waals surface area contributed by atoms with Gasteiger partial charge in [-0.1, -0.05) is 30.0 Å². The smallest absolute Gasteiger partial charge is 0.255 e. The summed E-state index contributed by atoms with van der Waals surface area (Å²) in [6, 6.07) is 15.6. The minimum Gasteiger partial charge on any atom is -0.384 e. The van der Waals surface area contributed by atoms with Crippen molar-refractivity contribution >= 4 is 11.6 Å². The topological polar surface area (TPSA) is 73.1 Å². The van der Waals surface area contributed by atoms with Gasteiger partial charge in [0, 0.05) is 11.1 Å². The van der Waals surface area contributed by atoms with Gasteiger partial charge in [-0.05, 0) is 30.3 Å². The zero-order valence-corrected chi connectivity index (χ0v) is 11.1. The van der Waals surface area contributed by atoms with Crippen LogP contribution in [0.25, 0.3) is 0 Å².